The fraction of sp³-hybridized carbons (Fsp3) is 0.0200. The Labute approximate surface area is 603 Å². The quantitative estimate of drug-likeness (QED) is 0.127. The Bertz CT molecular complexity index is 6080. The van der Waals surface area contributed by atoms with Gasteiger partial charge < -0.3 is 18.9 Å². The van der Waals surface area contributed by atoms with Crippen LogP contribution in [-0.2, 0) is 10.8 Å². The first-order chi connectivity index (χ1) is 51.6. The van der Waals surface area contributed by atoms with E-state index in [4.69, 9.17) is 0 Å². The van der Waals surface area contributed by atoms with Gasteiger partial charge >= 0.3 is 0 Å². The summed E-state index contributed by atoms with van der Waals surface area (Å²) in [5.74, 6) is 0. The van der Waals surface area contributed by atoms with Crippen LogP contribution in [0.4, 0.5) is 34.1 Å². The normalized spacial score (nSPS) is 13.5. The molecule has 22 rings (SSSR count). The van der Waals surface area contributed by atoms with Crippen molar-refractivity contribution in [3.8, 4) is 55.9 Å². The fourth-order valence-corrected chi connectivity index (χ4v) is 18.9. The van der Waals surface area contributed by atoms with Gasteiger partial charge in [0.15, 0.2) is 0 Å². The molecule has 0 bridgehead atoms. The number of hydrogen-bond donors (Lipinski definition) is 0. The topological polar surface area (TPSA) is 16.3 Å². The summed E-state index contributed by atoms with van der Waals surface area (Å²) in [6.07, 6.45) is 4.44. The summed E-state index contributed by atoms with van der Waals surface area (Å²) in [4.78, 5) is 4.77. The minimum absolute atomic E-state index is 0.435. The van der Waals surface area contributed by atoms with Gasteiger partial charge in [-0.05, 0) is 221 Å². The van der Waals surface area contributed by atoms with Gasteiger partial charge in [0.1, 0.15) is 0 Å². The first-order valence-corrected chi connectivity index (χ1v) is 36.1. The van der Waals surface area contributed by atoms with Crippen LogP contribution in [0.3, 0.4) is 0 Å². The maximum atomic E-state index is 2.49. The third-order valence-electron chi connectivity index (χ3n) is 23.1. The smallest absolute Gasteiger partial charge is 0.0726 e. The highest BCUT2D eigenvalue weighted by Crippen LogP contribution is 2.65. The molecule has 0 unspecified atom stereocenters. The van der Waals surface area contributed by atoms with Crippen molar-refractivity contribution in [1.82, 2.24) is 9.13 Å². The van der Waals surface area contributed by atoms with E-state index in [-0.39, 0.29) is 0 Å². The minimum atomic E-state index is -0.435. The van der Waals surface area contributed by atoms with Crippen LogP contribution in [0.5, 0.6) is 0 Å². The average molecular weight is 1320 g/mol. The summed E-state index contributed by atoms with van der Waals surface area (Å²) in [5.41, 5.74) is 36.0. The lowest BCUT2D eigenvalue weighted by molar-refractivity contribution is 0.792. The van der Waals surface area contributed by atoms with E-state index < -0.39 is 10.8 Å². The number of aromatic nitrogens is 2. The van der Waals surface area contributed by atoms with E-state index >= 15 is 0 Å². The monoisotopic (exact) mass is 1320 g/mol. The summed E-state index contributed by atoms with van der Waals surface area (Å²) in [5, 5.41) is 4.83. The Hall–Kier alpha value is -13.5. The lowest BCUT2D eigenvalue weighted by Gasteiger charge is -2.30. The van der Waals surface area contributed by atoms with Crippen LogP contribution in [0.15, 0.2) is 376 Å². The molecule has 104 heavy (non-hydrogen) atoms. The van der Waals surface area contributed by atoms with Crippen molar-refractivity contribution in [2.24, 2.45) is 0 Å². The van der Waals surface area contributed by atoms with Crippen LogP contribution < -0.4 is 9.80 Å². The van der Waals surface area contributed by atoms with Crippen molar-refractivity contribution in [2.75, 3.05) is 9.80 Å². The lowest BCUT2D eigenvalue weighted by atomic mass is 9.70. The van der Waals surface area contributed by atoms with Gasteiger partial charge in [-0.15, -0.1) is 0 Å². The predicted molar refractivity (Wildman–Crippen MR) is 432 cm³/mol. The van der Waals surface area contributed by atoms with Crippen molar-refractivity contribution in [3.05, 3.63) is 432 Å². The summed E-state index contributed by atoms with van der Waals surface area (Å²) in [6.45, 7) is 0. The van der Waals surface area contributed by atoms with E-state index in [1.54, 1.807) is 0 Å². The molecule has 18 aromatic rings. The highest BCUT2D eigenvalue weighted by atomic mass is 15.1. The molecule has 2 aromatic heterocycles. The molecule has 0 saturated carbocycles. The zero-order chi connectivity index (χ0) is 68.2. The van der Waals surface area contributed by atoms with Gasteiger partial charge in [0.25, 0.3) is 0 Å². The number of benzene rings is 16. The molecule has 0 N–H and O–H groups in total. The maximum absolute atomic E-state index is 2.49. The van der Waals surface area contributed by atoms with E-state index in [0.717, 1.165) is 67.7 Å². The van der Waals surface area contributed by atoms with Gasteiger partial charge in [-0.25, -0.2) is 0 Å². The third kappa shape index (κ3) is 8.19. The summed E-state index contributed by atoms with van der Waals surface area (Å²) >= 11 is 0. The number of nitrogens with zero attached hydrogens (tertiary/aromatic N) is 4. The zero-order valence-electron chi connectivity index (χ0n) is 56.7. The molecular weight excluding hydrogens is 1260 g/mol. The first kappa shape index (κ1) is 58.3. The van der Waals surface area contributed by atoms with E-state index in [0.29, 0.717) is 0 Å². The highest BCUT2D eigenvalue weighted by molar-refractivity contribution is 6.13. The molecule has 0 saturated heterocycles. The number of anilines is 6. The van der Waals surface area contributed by atoms with Crippen LogP contribution in [0.1, 0.15) is 55.6 Å². The molecule has 0 atom stereocenters. The van der Waals surface area contributed by atoms with E-state index in [2.05, 4.69) is 407 Å². The summed E-state index contributed by atoms with van der Waals surface area (Å²) in [6, 6.07) is 140. The number of rotatable bonds is 10. The SMILES string of the molecule is C(=C\c1ccc(N(c2ccccc2)c2ccc3c(c2)c2ccccc2n3-c2ccc3c(c2)C2(c4ccccc4-c4ccccc42)c2ccccc2-3)cc1)/c1ccc(N(c2ccccc2)c2ccc3c(c2)c2ccccc2n3-c2ccc3c(c2)C2(c4ccccc4-c4ccccc42)c2ccccc2-3)cc1. The Kier molecular flexibility index (Phi) is 12.6. The molecule has 0 aliphatic heterocycles. The molecule has 2 spiro atoms. The zero-order valence-corrected chi connectivity index (χ0v) is 56.7. The second-order valence-corrected chi connectivity index (χ2v) is 28.2. The van der Waals surface area contributed by atoms with Crippen molar-refractivity contribution in [2.45, 2.75) is 10.8 Å². The lowest BCUT2D eigenvalue weighted by Crippen LogP contribution is -2.26. The largest absolute Gasteiger partial charge is 0.310 e. The minimum Gasteiger partial charge on any atom is -0.310 e. The van der Waals surface area contributed by atoms with Crippen LogP contribution in [0, 0.1) is 0 Å². The van der Waals surface area contributed by atoms with Crippen molar-refractivity contribution >= 4 is 89.9 Å². The number of para-hydroxylation sites is 4. The van der Waals surface area contributed by atoms with E-state index in [1.807, 2.05) is 0 Å². The molecule has 4 nitrogen and oxygen atoms in total. The Morgan fingerprint density at radius 3 is 0.808 bits per heavy atom. The number of fused-ring (bicyclic) bond motifs is 26. The van der Waals surface area contributed by atoms with Crippen LogP contribution in [0.2, 0.25) is 0 Å². The highest BCUT2D eigenvalue weighted by Gasteiger charge is 2.53. The van der Waals surface area contributed by atoms with Gasteiger partial charge in [-0.2, -0.15) is 0 Å². The molecular formula is C100H64N4. The Morgan fingerprint density at radius 1 is 0.192 bits per heavy atom. The summed E-state index contributed by atoms with van der Waals surface area (Å²) in [7, 11) is 0. The molecule has 0 fully saturated rings. The predicted octanol–water partition coefficient (Wildman–Crippen LogP) is 25.7. The molecule has 484 valence electrons. The maximum Gasteiger partial charge on any atom is 0.0726 e. The number of hydrogen-bond acceptors (Lipinski definition) is 2. The second-order valence-electron chi connectivity index (χ2n) is 28.2. The van der Waals surface area contributed by atoms with Crippen LogP contribution >= 0.6 is 0 Å². The van der Waals surface area contributed by atoms with Gasteiger partial charge in [0.05, 0.1) is 32.9 Å². The van der Waals surface area contributed by atoms with Crippen LogP contribution in [0.25, 0.3) is 112 Å². The fourth-order valence-electron chi connectivity index (χ4n) is 18.9. The standard InChI is InChI=1S/C100H64N4/c1-3-23-67(24-4-1)101(71-55-59-97-85(61-71)83-33-13-21-41-95(83)103(97)73-53-57-81-79-31-11-19-39-91(79)99(93(81)63-73)87-35-15-7-27-75(87)76-28-8-16-36-88(76)99)69-49-45-65(46-50-69)43-44-66-47-51-70(52-48-66)102(68-25-5-2-6-26-68)72-56-60-98-86(62-72)84-34-14-22-42-96(84)104(98)74-54-58-82-80-32-12-20-40-92(80)100(94(82)64-74)89-37-17-9-29-77(89)78-30-10-18-38-90(78)100/h1-64H/b44-43+. The van der Waals surface area contributed by atoms with Crippen LogP contribution in [-0.4, -0.2) is 9.13 Å². The molecule has 4 aliphatic rings. The second kappa shape index (κ2) is 22.5. The van der Waals surface area contributed by atoms with Crippen molar-refractivity contribution in [3.63, 3.8) is 0 Å². The summed E-state index contributed by atoms with van der Waals surface area (Å²) < 4.78 is 4.97. The van der Waals surface area contributed by atoms with Gasteiger partial charge in [0.2, 0.25) is 0 Å². The van der Waals surface area contributed by atoms with Crippen molar-refractivity contribution < 1.29 is 0 Å². The average Bonchev–Trinajstić information content (AvgIpc) is 1.53. The third-order valence-corrected chi connectivity index (χ3v) is 23.1. The van der Waals surface area contributed by atoms with Gasteiger partial charge in [-0.1, -0.05) is 267 Å². The molecule has 0 amide bonds. The van der Waals surface area contributed by atoms with Crippen molar-refractivity contribution in [1.29, 1.82) is 0 Å². The Morgan fingerprint density at radius 2 is 0.462 bits per heavy atom. The molecule has 4 aliphatic carbocycles. The molecule has 0 radical (unpaired) electrons. The van der Waals surface area contributed by atoms with Gasteiger partial charge in [0, 0.05) is 67.0 Å². The Balaban J connectivity index is 0.581. The van der Waals surface area contributed by atoms with Gasteiger partial charge in [-0.3, -0.25) is 0 Å². The first-order valence-electron chi connectivity index (χ1n) is 36.1. The molecule has 4 heteroatoms. The molecule has 16 aromatic carbocycles. The van der Waals surface area contributed by atoms with E-state index in [1.165, 1.54) is 122 Å². The molecule has 2 heterocycles. The van der Waals surface area contributed by atoms with E-state index in [9.17, 15) is 0 Å².